The van der Waals surface area contributed by atoms with Gasteiger partial charge in [-0.1, -0.05) is 12.8 Å². The summed E-state index contributed by atoms with van der Waals surface area (Å²) < 4.78 is 5.20. The van der Waals surface area contributed by atoms with Crippen molar-refractivity contribution in [3.05, 3.63) is 48.3 Å². The molecular formula is C21H28N4O2. The van der Waals surface area contributed by atoms with E-state index < -0.39 is 5.54 Å². The van der Waals surface area contributed by atoms with Crippen LogP contribution in [0.2, 0.25) is 0 Å². The van der Waals surface area contributed by atoms with Gasteiger partial charge in [0.25, 0.3) is 0 Å². The summed E-state index contributed by atoms with van der Waals surface area (Å²) in [4.78, 5) is 17.0. The van der Waals surface area contributed by atoms with Crippen molar-refractivity contribution in [2.24, 2.45) is 0 Å². The molecule has 0 aliphatic heterocycles. The lowest BCUT2D eigenvalue weighted by atomic mass is 9.95. The van der Waals surface area contributed by atoms with Gasteiger partial charge in [0.1, 0.15) is 11.3 Å². The number of nitrogens with zero attached hydrogens (tertiary/aromatic N) is 1. The highest BCUT2D eigenvalue weighted by molar-refractivity contribution is 5.89. The third kappa shape index (κ3) is 4.70. The van der Waals surface area contributed by atoms with Crippen LogP contribution in [-0.4, -0.2) is 36.6 Å². The van der Waals surface area contributed by atoms with E-state index in [1.165, 1.54) is 0 Å². The Bertz CT molecular complexity index is 755. The molecule has 1 fully saturated rings. The van der Waals surface area contributed by atoms with E-state index in [9.17, 15) is 4.79 Å². The van der Waals surface area contributed by atoms with Gasteiger partial charge >= 0.3 is 0 Å². The van der Waals surface area contributed by atoms with Crippen LogP contribution in [0.4, 0.5) is 11.4 Å². The number of carbonyl (C=O) groups is 1. The zero-order chi connectivity index (χ0) is 19.1. The summed E-state index contributed by atoms with van der Waals surface area (Å²) in [5, 5.41) is 9.92. The van der Waals surface area contributed by atoms with Crippen LogP contribution in [0.5, 0.6) is 5.75 Å². The van der Waals surface area contributed by atoms with Crippen molar-refractivity contribution < 1.29 is 9.53 Å². The normalized spacial score (nSPS) is 15.2. The first-order valence-electron chi connectivity index (χ1n) is 9.48. The molecule has 3 rings (SSSR count). The van der Waals surface area contributed by atoms with Gasteiger partial charge < -0.3 is 20.7 Å². The molecule has 27 heavy (non-hydrogen) atoms. The van der Waals surface area contributed by atoms with E-state index in [4.69, 9.17) is 4.74 Å². The molecule has 1 aromatic carbocycles. The van der Waals surface area contributed by atoms with Gasteiger partial charge in [0.2, 0.25) is 5.91 Å². The number of benzene rings is 1. The second-order valence-electron chi connectivity index (χ2n) is 7.02. The fraction of sp³-hybridized carbons (Fsp3) is 0.429. The molecule has 0 spiro atoms. The number of pyridine rings is 1. The van der Waals surface area contributed by atoms with Gasteiger partial charge in [0.15, 0.2) is 0 Å². The van der Waals surface area contributed by atoms with Crippen LogP contribution in [-0.2, 0) is 4.79 Å². The van der Waals surface area contributed by atoms with Crippen LogP contribution >= 0.6 is 0 Å². The van der Waals surface area contributed by atoms with Gasteiger partial charge in [-0.2, -0.15) is 0 Å². The lowest BCUT2D eigenvalue weighted by molar-refractivity contribution is -0.125. The quantitative estimate of drug-likeness (QED) is 0.623. The van der Waals surface area contributed by atoms with E-state index in [0.29, 0.717) is 13.1 Å². The number of carbonyl (C=O) groups excluding carboxylic acids is 1. The number of nitrogens with one attached hydrogen (secondary N) is 3. The molecular weight excluding hydrogens is 340 g/mol. The minimum absolute atomic E-state index is 0.0732. The lowest BCUT2D eigenvalue weighted by Crippen LogP contribution is -2.51. The molecule has 1 aromatic heterocycles. The average molecular weight is 368 g/mol. The van der Waals surface area contributed by atoms with Crippen molar-refractivity contribution >= 4 is 17.3 Å². The molecule has 1 aliphatic rings. The van der Waals surface area contributed by atoms with Gasteiger partial charge in [-0.15, -0.1) is 0 Å². The third-order valence-corrected chi connectivity index (χ3v) is 5.11. The Hall–Kier alpha value is -2.76. The second kappa shape index (κ2) is 8.75. The minimum atomic E-state index is -0.527. The van der Waals surface area contributed by atoms with Crippen LogP contribution in [0.25, 0.3) is 0 Å². The minimum Gasteiger partial charge on any atom is -0.497 e. The molecule has 3 N–H and O–H groups in total. The summed E-state index contributed by atoms with van der Waals surface area (Å²) in [7, 11) is 1.65. The predicted molar refractivity (Wildman–Crippen MR) is 108 cm³/mol. The maximum atomic E-state index is 12.9. The number of amides is 1. The van der Waals surface area contributed by atoms with Crippen molar-refractivity contribution in [1.82, 2.24) is 10.3 Å². The fourth-order valence-electron chi connectivity index (χ4n) is 3.55. The largest absolute Gasteiger partial charge is 0.497 e. The zero-order valence-electron chi connectivity index (χ0n) is 16.0. The molecule has 1 amide bonds. The highest BCUT2D eigenvalue weighted by Crippen LogP contribution is 2.33. The summed E-state index contributed by atoms with van der Waals surface area (Å²) in [6.45, 7) is 3.27. The maximum absolute atomic E-state index is 12.9. The van der Waals surface area contributed by atoms with Gasteiger partial charge in [-0.25, -0.2) is 0 Å². The molecule has 1 aliphatic carbocycles. The van der Waals surface area contributed by atoms with E-state index in [1.807, 2.05) is 43.5 Å². The van der Waals surface area contributed by atoms with E-state index in [-0.39, 0.29) is 5.91 Å². The topological polar surface area (TPSA) is 75.3 Å². The zero-order valence-corrected chi connectivity index (χ0v) is 16.0. The monoisotopic (exact) mass is 368 g/mol. The van der Waals surface area contributed by atoms with E-state index in [0.717, 1.165) is 48.4 Å². The molecule has 6 heteroatoms. The first-order valence-corrected chi connectivity index (χ1v) is 9.48. The molecule has 0 saturated heterocycles. The van der Waals surface area contributed by atoms with Gasteiger partial charge in [0.05, 0.1) is 7.11 Å². The van der Waals surface area contributed by atoms with Gasteiger partial charge in [-0.3, -0.25) is 9.78 Å². The smallest absolute Gasteiger partial charge is 0.245 e. The molecule has 1 heterocycles. The number of anilines is 2. The Morgan fingerprint density at radius 2 is 1.89 bits per heavy atom. The Labute approximate surface area is 160 Å². The lowest BCUT2D eigenvalue weighted by Gasteiger charge is -2.30. The second-order valence-corrected chi connectivity index (χ2v) is 7.02. The van der Waals surface area contributed by atoms with Crippen LogP contribution in [0.1, 0.15) is 31.2 Å². The standard InChI is InChI=1S/C21H28N4O2/c1-16-15-22-12-9-19(16)23-13-14-24-20(26)21(10-3-4-11-21)25-17-5-7-18(27-2)8-6-17/h5-9,12,15,25H,3-4,10-11,13-14H2,1-2H3,(H,22,23)(H,24,26). The van der Waals surface area contributed by atoms with Crippen LogP contribution in [0.3, 0.4) is 0 Å². The number of aryl methyl sites for hydroxylation is 1. The molecule has 1 saturated carbocycles. The van der Waals surface area contributed by atoms with Crippen molar-refractivity contribution in [3.63, 3.8) is 0 Å². The SMILES string of the molecule is COc1ccc(NC2(C(=O)NCCNc3ccncc3C)CCCC2)cc1. The van der Waals surface area contributed by atoms with Crippen molar-refractivity contribution in [2.45, 2.75) is 38.1 Å². The van der Waals surface area contributed by atoms with Crippen LogP contribution in [0, 0.1) is 6.92 Å². The Balaban J connectivity index is 1.55. The summed E-state index contributed by atoms with van der Waals surface area (Å²) in [5.41, 5.74) is 2.56. The predicted octanol–water partition coefficient (Wildman–Crippen LogP) is 3.35. The molecule has 0 atom stereocenters. The average Bonchev–Trinajstić information content (AvgIpc) is 3.17. The van der Waals surface area contributed by atoms with E-state index >= 15 is 0 Å². The molecule has 0 radical (unpaired) electrons. The summed E-state index contributed by atoms with van der Waals surface area (Å²) in [6.07, 6.45) is 7.41. The molecule has 0 unspecified atom stereocenters. The third-order valence-electron chi connectivity index (χ3n) is 5.11. The van der Waals surface area contributed by atoms with E-state index in [2.05, 4.69) is 20.9 Å². The van der Waals surface area contributed by atoms with Crippen molar-refractivity contribution in [2.75, 3.05) is 30.8 Å². The molecule has 6 nitrogen and oxygen atoms in total. The van der Waals surface area contributed by atoms with E-state index in [1.54, 1.807) is 13.3 Å². The first-order chi connectivity index (χ1) is 13.1. The van der Waals surface area contributed by atoms with Crippen LogP contribution in [0.15, 0.2) is 42.7 Å². The van der Waals surface area contributed by atoms with Crippen molar-refractivity contribution in [1.29, 1.82) is 0 Å². The number of ether oxygens (including phenoxy) is 1. The van der Waals surface area contributed by atoms with Crippen LogP contribution < -0.4 is 20.7 Å². The summed E-state index contributed by atoms with van der Waals surface area (Å²) in [5.74, 6) is 0.882. The maximum Gasteiger partial charge on any atom is 0.245 e. The number of hydrogen-bond donors (Lipinski definition) is 3. The summed E-state index contributed by atoms with van der Waals surface area (Å²) >= 11 is 0. The van der Waals surface area contributed by atoms with Gasteiger partial charge in [-0.05, 0) is 55.7 Å². The highest BCUT2D eigenvalue weighted by atomic mass is 16.5. The van der Waals surface area contributed by atoms with Crippen molar-refractivity contribution in [3.8, 4) is 5.75 Å². The number of aromatic nitrogens is 1. The number of hydrogen-bond acceptors (Lipinski definition) is 5. The number of rotatable bonds is 8. The first kappa shape index (κ1) is 19.0. The Morgan fingerprint density at radius 3 is 2.56 bits per heavy atom. The Morgan fingerprint density at radius 1 is 1.15 bits per heavy atom. The Kier molecular flexibility index (Phi) is 6.16. The number of methoxy groups -OCH3 is 1. The molecule has 0 bridgehead atoms. The fourth-order valence-corrected chi connectivity index (χ4v) is 3.55. The summed E-state index contributed by atoms with van der Waals surface area (Å²) in [6, 6.07) is 9.68. The molecule has 144 valence electrons. The molecule has 2 aromatic rings. The highest BCUT2D eigenvalue weighted by Gasteiger charge is 2.40. The van der Waals surface area contributed by atoms with Gasteiger partial charge in [0, 0.05) is 36.9 Å².